The van der Waals surface area contributed by atoms with Crippen molar-refractivity contribution in [2.24, 2.45) is 5.92 Å². The van der Waals surface area contributed by atoms with E-state index in [-0.39, 0.29) is 5.54 Å². The van der Waals surface area contributed by atoms with E-state index in [9.17, 15) is 8.42 Å². The third kappa shape index (κ3) is 3.50. The molecule has 1 heterocycles. The largest absolute Gasteiger partial charge is 0.314 e. The average Bonchev–Trinajstić information content (AvgIpc) is 2.38. The summed E-state index contributed by atoms with van der Waals surface area (Å²) in [7, 11) is -3.09. The Morgan fingerprint density at radius 3 is 2.53 bits per heavy atom. The lowest BCUT2D eigenvalue weighted by atomic mass is 9.80. The molecule has 0 aromatic rings. The molecule has 1 aliphatic carbocycles. The molecular formula is C14H28N2O2S. The Balaban J connectivity index is 2.14. The number of nitrogens with one attached hydrogen (secondary N) is 1. The number of rotatable bonds is 4. The van der Waals surface area contributed by atoms with Crippen LogP contribution >= 0.6 is 0 Å². The molecule has 2 fully saturated rings. The molecule has 2 rings (SSSR count). The van der Waals surface area contributed by atoms with E-state index in [1.165, 1.54) is 6.42 Å². The molecule has 0 unspecified atom stereocenters. The van der Waals surface area contributed by atoms with Gasteiger partial charge in [-0.1, -0.05) is 33.1 Å². The molecule has 0 bridgehead atoms. The quantitative estimate of drug-likeness (QED) is 0.860. The predicted octanol–water partition coefficient (Wildman–Crippen LogP) is 1.97. The molecule has 0 aromatic heterocycles. The summed E-state index contributed by atoms with van der Waals surface area (Å²) in [6.07, 6.45) is 6.40. The van der Waals surface area contributed by atoms with Crippen LogP contribution in [0.1, 0.15) is 52.4 Å². The van der Waals surface area contributed by atoms with Gasteiger partial charge in [-0.3, -0.25) is 0 Å². The summed E-state index contributed by atoms with van der Waals surface area (Å²) in [6, 6.07) is 0. The first-order valence-corrected chi connectivity index (χ1v) is 9.28. The van der Waals surface area contributed by atoms with Crippen LogP contribution in [-0.4, -0.2) is 43.6 Å². The SMILES string of the molecule is CC(C)CCS(=O)(=O)N1CCNCC12CCCCC2. The van der Waals surface area contributed by atoms with Crippen LogP contribution in [0.2, 0.25) is 0 Å². The van der Waals surface area contributed by atoms with Crippen molar-refractivity contribution < 1.29 is 8.42 Å². The van der Waals surface area contributed by atoms with Crippen LogP contribution in [-0.2, 0) is 10.0 Å². The fourth-order valence-corrected chi connectivity index (χ4v) is 5.59. The van der Waals surface area contributed by atoms with Crippen molar-refractivity contribution in [2.45, 2.75) is 57.9 Å². The second kappa shape index (κ2) is 6.10. The van der Waals surface area contributed by atoms with E-state index in [4.69, 9.17) is 0 Å². The Bertz CT molecular complexity index is 378. The lowest BCUT2D eigenvalue weighted by Gasteiger charge is -2.48. The highest BCUT2D eigenvalue weighted by atomic mass is 32.2. The van der Waals surface area contributed by atoms with E-state index in [1.807, 2.05) is 4.31 Å². The Labute approximate surface area is 118 Å². The number of hydrogen-bond acceptors (Lipinski definition) is 3. The molecule has 5 heteroatoms. The second-order valence-corrected chi connectivity index (χ2v) is 8.55. The zero-order valence-corrected chi connectivity index (χ0v) is 13.1. The summed E-state index contributed by atoms with van der Waals surface area (Å²) in [6.45, 7) is 6.46. The van der Waals surface area contributed by atoms with Crippen LogP contribution in [0.3, 0.4) is 0 Å². The minimum absolute atomic E-state index is 0.119. The number of nitrogens with zero attached hydrogens (tertiary/aromatic N) is 1. The Morgan fingerprint density at radius 1 is 1.21 bits per heavy atom. The van der Waals surface area contributed by atoms with E-state index in [0.29, 0.717) is 18.2 Å². The molecule has 0 aromatic carbocycles. The van der Waals surface area contributed by atoms with Gasteiger partial charge in [0.25, 0.3) is 0 Å². The first-order valence-electron chi connectivity index (χ1n) is 7.68. The number of sulfonamides is 1. The van der Waals surface area contributed by atoms with Gasteiger partial charge in [-0.05, 0) is 25.2 Å². The Morgan fingerprint density at radius 2 is 1.89 bits per heavy atom. The van der Waals surface area contributed by atoms with Gasteiger partial charge in [0, 0.05) is 25.2 Å². The van der Waals surface area contributed by atoms with E-state index < -0.39 is 10.0 Å². The van der Waals surface area contributed by atoms with Gasteiger partial charge < -0.3 is 5.32 Å². The van der Waals surface area contributed by atoms with E-state index in [2.05, 4.69) is 19.2 Å². The fourth-order valence-electron chi connectivity index (χ4n) is 3.39. The summed E-state index contributed by atoms with van der Waals surface area (Å²) in [5.74, 6) is 0.756. The highest BCUT2D eigenvalue weighted by Crippen LogP contribution is 2.36. The lowest BCUT2D eigenvalue weighted by molar-refractivity contribution is 0.101. The highest BCUT2D eigenvalue weighted by molar-refractivity contribution is 7.89. The first-order chi connectivity index (χ1) is 8.96. The van der Waals surface area contributed by atoms with Gasteiger partial charge in [0.15, 0.2) is 0 Å². The van der Waals surface area contributed by atoms with Gasteiger partial charge in [0.05, 0.1) is 5.75 Å². The average molecular weight is 288 g/mol. The van der Waals surface area contributed by atoms with Crippen LogP contribution in [0, 0.1) is 5.92 Å². The summed E-state index contributed by atoms with van der Waals surface area (Å²) in [4.78, 5) is 0. The number of hydrogen-bond donors (Lipinski definition) is 1. The van der Waals surface area contributed by atoms with Crippen LogP contribution in [0.15, 0.2) is 0 Å². The third-order valence-corrected chi connectivity index (χ3v) is 6.54. The van der Waals surface area contributed by atoms with Gasteiger partial charge in [-0.25, -0.2) is 8.42 Å². The van der Waals surface area contributed by atoms with Crippen molar-refractivity contribution in [1.29, 1.82) is 0 Å². The molecule has 19 heavy (non-hydrogen) atoms. The molecule has 1 aliphatic heterocycles. The fraction of sp³-hybridized carbons (Fsp3) is 1.00. The predicted molar refractivity (Wildman–Crippen MR) is 78.6 cm³/mol. The van der Waals surface area contributed by atoms with E-state index in [1.54, 1.807) is 0 Å². The first kappa shape index (κ1) is 15.3. The van der Waals surface area contributed by atoms with Crippen LogP contribution < -0.4 is 5.32 Å². The standard InChI is InChI=1S/C14H28N2O2S/c1-13(2)6-11-19(17,18)16-10-9-15-12-14(16)7-4-3-5-8-14/h13,15H,3-12H2,1-2H3. The molecule has 112 valence electrons. The molecule has 0 amide bonds. The van der Waals surface area contributed by atoms with Crippen molar-refractivity contribution in [1.82, 2.24) is 9.62 Å². The molecular weight excluding hydrogens is 260 g/mol. The second-order valence-electron chi connectivity index (χ2n) is 6.53. The molecule has 0 atom stereocenters. The van der Waals surface area contributed by atoms with Gasteiger partial charge >= 0.3 is 0 Å². The zero-order chi connectivity index (χ0) is 13.9. The third-order valence-electron chi connectivity index (χ3n) is 4.55. The maximum Gasteiger partial charge on any atom is 0.214 e. The van der Waals surface area contributed by atoms with Crippen molar-refractivity contribution in [3.8, 4) is 0 Å². The number of piperazine rings is 1. The molecule has 1 saturated carbocycles. The van der Waals surface area contributed by atoms with Crippen LogP contribution in [0.5, 0.6) is 0 Å². The normalized spacial score (nSPS) is 25.0. The Kier molecular flexibility index (Phi) is 4.90. The minimum Gasteiger partial charge on any atom is -0.314 e. The van der Waals surface area contributed by atoms with Crippen LogP contribution in [0.4, 0.5) is 0 Å². The maximum atomic E-state index is 12.7. The van der Waals surface area contributed by atoms with Crippen molar-refractivity contribution in [3.05, 3.63) is 0 Å². The van der Waals surface area contributed by atoms with E-state index >= 15 is 0 Å². The lowest BCUT2D eigenvalue weighted by Crippen LogP contribution is -2.63. The summed E-state index contributed by atoms with van der Waals surface area (Å²) >= 11 is 0. The van der Waals surface area contributed by atoms with Gasteiger partial charge in [-0.15, -0.1) is 0 Å². The molecule has 1 saturated heterocycles. The monoisotopic (exact) mass is 288 g/mol. The summed E-state index contributed by atoms with van der Waals surface area (Å²) < 4.78 is 27.2. The molecule has 1 N–H and O–H groups in total. The molecule has 2 aliphatic rings. The van der Waals surface area contributed by atoms with Crippen molar-refractivity contribution in [2.75, 3.05) is 25.4 Å². The zero-order valence-electron chi connectivity index (χ0n) is 12.3. The van der Waals surface area contributed by atoms with Crippen molar-refractivity contribution >= 4 is 10.0 Å². The van der Waals surface area contributed by atoms with Crippen molar-refractivity contribution in [3.63, 3.8) is 0 Å². The maximum absolute atomic E-state index is 12.7. The molecule has 1 spiro atoms. The van der Waals surface area contributed by atoms with Crippen LogP contribution in [0.25, 0.3) is 0 Å². The Hall–Kier alpha value is -0.130. The summed E-state index contributed by atoms with van der Waals surface area (Å²) in [5.41, 5.74) is -0.119. The summed E-state index contributed by atoms with van der Waals surface area (Å²) in [5, 5.41) is 3.41. The van der Waals surface area contributed by atoms with Gasteiger partial charge in [-0.2, -0.15) is 4.31 Å². The topological polar surface area (TPSA) is 49.4 Å². The smallest absolute Gasteiger partial charge is 0.214 e. The van der Waals surface area contributed by atoms with Gasteiger partial charge in [0.1, 0.15) is 0 Å². The highest BCUT2D eigenvalue weighted by Gasteiger charge is 2.45. The van der Waals surface area contributed by atoms with Gasteiger partial charge in [0.2, 0.25) is 10.0 Å². The van der Waals surface area contributed by atoms with E-state index in [0.717, 1.165) is 45.2 Å². The molecule has 0 radical (unpaired) electrons. The molecule has 4 nitrogen and oxygen atoms in total. The minimum atomic E-state index is -3.09.